The molecule has 6 nitrogen and oxygen atoms in total. The number of allylic oxidation sites excluding steroid dienone is 1. The van der Waals surface area contributed by atoms with E-state index in [1.165, 1.54) is 24.4 Å². The molecule has 4 rings (SSSR count). The molecule has 2 aromatic rings. The highest BCUT2D eigenvalue weighted by Crippen LogP contribution is 2.22. The summed E-state index contributed by atoms with van der Waals surface area (Å²) in [4.78, 5) is 4.61. The van der Waals surface area contributed by atoms with Gasteiger partial charge in [-0.05, 0) is 56.8 Å². The summed E-state index contributed by atoms with van der Waals surface area (Å²) in [5.74, 6) is 0.696. The molecule has 2 atom stereocenters. The van der Waals surface area contributed by atoms with Crippen molar-refractivity contribution in [3.8, 4) is 0 Å². The second-order valence-corrected chi connectivity index (χ2v) is 7.22. The van der Waals surface area contributed by atoms with Gasteiger partial charge < -0.3 is 25.3 Å². The van der Waals surface area contributed by atoms with Crippen LogP contribution < -0.4 is 10.6 Å². The molecule has 6 heteroatoms. The fourth-order valence-electron chi connectivity index (χ4n) is 3.80. The highest BCUT2D eigenvalue weighted by molar-refractivity contribution is 6.08. The lowest BCUT2D eigenvalue weighted by Gasteiger charge is -2.22. The van der Waals surface area contributed by atoms with Crippen LogP contribution in [0.4, 0.5) is 0 Å². The van der Waals surface area contributed by atoms with Crippen LogP contribution in [0.15, 0.2) is 30.7 Å². The minimum Gasteiger partial charge on any atom is -0.366 e. The van der Waals surface area contributed by atoms with Crippen molar-refractivity contribution in [1.29, 1.82) is 5.41 Å². The first-order chi connectivity index (χ1) is 12.8. The number of hydrogen-bond donors (Lipinski definition) is 3. The zero-order valence-corrected chi connectivity index (χ0v) is 15.1. The third-order valence-corrected chi connectivity index (χ3v) is 5.33. The topological polar surface area (TPSA) is 75.0 Å². The third kappa shape index (κ3) is 3.81. The Kier molecular flexibility index (Phi) is 5.32. The number of rotatable bonds is 6. The number of ether oxygens (including phenoxy) is 1. The molecule has 2 aliphatic heterocycles. The Morgan fingerprint density at radius 3 is 3.15 bits per heavy atom. The van der Waals surface area contributed by atoms with Gasteiger partial charge >= 0.3 is 0 Å². The summed E-state index contributed by atoms with van der Waals surface area (Å²) < 4.78 is 7.98. The Labute approximate surface area is 154 Å². The second-order valence-electron chi connectivity index (χ2n) is 7.22. The minimum atomic E-state index is 0.0449. The monoisotopic (exact) mass is 353 g/mol. The largest absolute Gasteiger partial charge is 0.366 e. The first kappa shape index (κ1) is 17.2. The van der Waals surface area contributed by atoms with Crippen LogP contribution in [0, 0.1) is 11.3 Å². The van der Waals surface area contributed by atoms with E-state index in [1.54, 1.807) is 0 Å². The van der Waals surface area contributed by atoms with Gasteiger partial charge in [0, 0.05) is 42.7 Å². The van der Waals surface area contributed by atoms with Gasteiger partial charge in [0.1, 0.15) is 6.23 Å². The summed E-state index contributed by atoms with van der Waals surface area (Å²) in [6.45, 7) is 4.06. The number of nitrogens with zero attached hydrogens (tertiary/aromatic N) is 2. The zero-order chi connectivity index (χ0) is 17.8. The number of pyridine rings is 1. The van der Waals surface area contributed by atoms with Gasteiger partial charge in [-0.15, -0.1) is 0 Å². The van der Waals surface area contributed by atoms with Crippen molar-refractivity contribution >= 4 is 22.7 Å². The van der Waals surface area contributed by atoms with Gasteiger partial charge in [-0.1, -0.05) is 0 Å². The molecular formula is C20H27N5O. The van der Waals surface area contributed by atoms with Gasteiger partial charge in [0.15, 0.2) is 0 Å². The highest BCUT2D eigenvalue weighted by Gasteiger charge is 2.16. The fourth-order valence-corrected chi connectivity index (χ4v) is 3.80. The predicted octanol–water partition coefficient (Wildman–Crippen LogP) is 2.75. The zero-order valence-electron chi connectivity index (χ0n) is 15.1. The van der Waals surface area contributed by atoms with E-state index in [-0.39, 0.29) is 6.23 Å². The molecule has 2 aromatic heterocycles. The van der Waals surface area contributed by atoms with Crippen LogP contribution in [-0.4, -0.2) is 41.7 Å². The Bertz CT molecular complexity index is 785. The molecule has 0 saturated carbocycles. The van der Waals surface area contributed by atoms with Crippen LogP contribution >= 0.6 is 0 Å². The van der Waals surface area contributed by atoms with Gasteiger partial charge in [-0.2, -0.15) is 0 Å². The molecule has 2 saturated heterocycles. The van der Waals surface area contributed by atoms with Gasteiger partial charge in [0.25, 0.3) is 0 Å². The molecule has 2 unspecified atom stereocenters. The average molecular weight is 353 g/mol. The van der Waals surface area contributed by atoms with Crippen molar-refractivity contribution in [3.05, 3.63) is 36.4 Å². The van der Waals surface area contributed by atoms with E-state index in [0.29, 0.717) is 5.92 Å². The van der Waals surface area contributed by atoms with Gasteiger partial charge in [0.05, 0.1) is 17.4 Å². The predicted molar refractivity (Wildman–Crippen MR) is 104 cm³/mol. The Balaban J connectivity index is 1.50. The van der Waals surface area contributed by atoms with Crippen LogP contribution in [0.2, 0.25) is 0 Å². The fraction of sp³-hybridized carbons (Fsp3) is 0.500. The van der Waals surface area contributed by atoms with Crippen molar-refractivity contribution in [2.45, 2.75) is 38.5 Å². The quantitative estimate of drug-likeness (QED) is 0.698. The van der Waals surface area contributed by atoms with Crippen LogP contribution in [-0.2, 0) is 11.3 Å². The van der Waals surface area contributed by atoms with E-state index in [2.05, 4.69) is 38.5 Å². The Hall–Kier alpha value is -2.18. The van der Waals surface area contributed by atoms with Crippen molar-refractivity contribution < 1.29 is 4.74 Å². The molecule has 26 heavy (non-hydrogen) atoms. The molecular weight excluding hydrogens is 326 g/mol. The molecule has 4 heterocycles. The minimum absolute atomic E-state index is 0.0449. The molecule has 0 bridgehead atoms. The summed E-state index contributed by atoms with van der Waals surface area (Å²) in [5.41, 5.74) is 2.75. The summed E-state index contributed by atoms with van der Waals surface area (Å²) in [7, 11) is 0. The molecule has 2 aliphatic rings. The summed E-state index contributed by atoms with van der Waals surface area (Å²) >= 11 is 0. The van der Waals surface area contributed by atoms with E-state index >= 15 is 0 Å². The molecule has 0 amide bonds. The average Bonchev–Trinajstić information content (AvgIpc) is 3.33. The van der Waals surface area contributed by atoms with Crippen LogP contribution in [0.25, 0.3) is 16.5 Å². The normalized spacial score (nSPS) is 24.1. The van der Waals surface area contributed by atoms with Crippen LogP contribution in [0.5, 0.6) is 0 Å². The van der Waals surface area contributed by atoms with E-state index in [9.17, 15) is 0 Å². The van der Waals surface area contributed by atoms with Gasteiger partial charge in [-0.25, -0.2) is 0 Å². The van der Waals surface area contributed by atoms with Gasteiger partial charge in [-0.3, -0.25) is 4.98 Å². The molecule has 3 N–H and O–H groups in total. The maximum Gasteiger partial charge on any atom is 0.127 e. The summed E-state index contributed by atoms with van der Waals surface area (Å²) in [6.07, 6.45) is 11.9. The van der Waals surface area contributed by atoms with Crippen LogP contribution in [0.3, 0.4) is 0 Å². The second kappa shape index (κ2) is 8.01. The maximum absolute atomic E-state index is 7.75. The number of fused-ring (bicyclic) bond motifs is 1. The van der Waals surface area contributed by atoms with Crippen molar-refractivity contribution in [2.75, 3.05) is 19.7 Å². The first-order valence-corrected chi connectivity index (χ1v) is 9.58. The lowest BCUT2D eigenvalue weighted by atomic mass is 10.1. The molecule has 0 radical (unpaired) electrons. The summed E-state index contributed by atoms with van der Waals surface area (Å²) in [6, 6.07) is 4.21. The van der Waals surface area contributed by atoms with Crippen LogP contribution in [0.1, 0.15) is 31.4 Å². The SMILES string of the molecule is N=C/C(=C\NC1CCCCO1)c1cc2ccn(CC3CCNC3)c2cn1. The lowest BCUT2D eigenvalue weighted by molar-refractivity contribution is 0.00348. The maximum atomic E-state index is 7.75. The van der Waals surface area contributed by atoms with E-state index in [4.69, 9.17) is 10.1 Å². The molecule has 138 valence electrons. The van der Waals surface area contributed by atoms with Crippen molar-refractivity contribution in [1.82, 2.24) is 20.2 Å². The Morgan fingerprint density at radius 1 is 1.42 bits per heavy atom. The molecule has 0 spiro atoms. The number of hydrogen-bond acceptors (Lipinski definition) is 5. The number of nitrogens with one attached hydrogen (secondary N) is 3. The third-order valence-electron chi connectivity index (χ3n) is 5.33. The highest BCUT2D eigenvalue weighted by atomic mass is 16.5. The smallest absolute Gasteiger partial charge is 0.127 e. The molecule has 0 aromatic carbocycles. The standard InChI is InChI=1S/C20H27N5O/c21-10-17(12-24-20-3-1-2-8-26-20)18-9-16-5-7-25(19(16)13-23-18)14-15-4-6-22-11-15/h5,7,9-10,12-13,15,20-22,24H,1-4,6,8,11,14H2/b17-12+,21-10?. The molecule has 2 fully saturated rings. The van der Waals surface area contributed by atoms with Gasteiger partial charge in [0.2, 0.25) is 0 Å². The Morgan fingerprint density at radius 2 is 2.38 bits per heavy atom. The van der Waals surface area contributed by atoms with E-state index in [1.807, 2.05) is 12.4 Å². The van der Waals surface area contributed by atoms with Crippen molar-refractivity contribution in [2.24, 2.45) is 5.92 Å². The van der Waals surface area contributed by atoms with E-state index in [0.717, 1.165) is 55.9 Å². The first-order valence-electron chi connectivity index (χ1n) is 9.58. The molecule has 0 aliphatic carbocycles. The van der Waals surface area contributed by atoms with E-state index < -0.39 is 0 Å². The van der Waals surface area contributed by atoms with Crippen molar-refractivity contribution in [3.63, 3.8) is 0 Å². The lowest BCUT2D eigenvalue weighted by Crippen LogP contribution is -2.31. The number of aromatic nitrogens is 2. The summed E-state index contributed by atoms with van der Waals surface area (Å²) in [5, 5.41) is 15.6.